The molecule has 0 atom stereocenters. The maximum atomic E-state index is 14.1. The number of Topliss-reactive ketones (excluding diaryl/α,β-unsaturated/α-hetero) is 1. The first-order chi connectivity index (χ1) is 14.6. The van der Waals surface area contributed by atoms with Gasteiger partial charge in [-0.3, -0.25) is 4.79 Å². The second kappa shape index (κ2) is 9.74. The molecule has 7 nitrogen and oxygen atoms in total. The number of carbonyl (C=O) groups is 2. The van der Waals surface area contributed by atoms with Crippen LogP contribution in [0, 0.1) is 5.82 Å². The van der Waals surface area contributed by atoms with Gasteiger partial charge in [0.2, 0.25) is 0 Å². The van der Waals surface area contributed by atoms with E-state index in [1.165, 1.54) is 19.1 Å². The lowest BCUT2D eigenvalue weighted by Crippen LogP contribution is -2.37. The maximum absolute atomic E-state index is 14.1. The fraction of sp³-hybridized carbons (Fsp3) is 0.500. The summed E-state index contributed by atoms with van der Waals surface area (Å²) in [6.45, 7) is 8.11. The van der Waals surface area contributed by atoms with Gasteiger partial charge in [0.25, 0.3) is 0 Å². The van der Waals surface area contributed by atoms with E-state index in [1.54, 1.807) is 43.2 Å². The van der Waals surface area contributed by atoms with Crippen molar-refractivity contribution in [1.29, 1.82) is 0 Å². The number of ether oxygens (including phenoxy) is 2. The molecule has 0 N–H and O–H groups in total. The van der Waals surface area contributed by atoms with Crippen molar-refractivity contribution >= 4 is 23.3 Å². The van der Waals surface area contributed by atoms with Gasteiger partial charge >= 0.3 is 6.16 Å². The van der Waals surface area contributed by atoms with Crippen molar-refractivity contribution < 1.29 is 28.3 Å². The van der Waals surface area contributed by atoms with Crippen LogP contribution in [0.2, 0.25) is 0 Å². The van der Waals surface area contributed by atoms with Crippen molar-refractivity contribution in [1.82, 2.24) is 10.0 Å². The number of rotatable bonds is 6. The molecular formula is C22H27FN2O5S. The van der Waals surface area contributed by atoms with Crippen LogP contribution in [0.4, 0.5) is 9.18 Å². The van der Waals surface area contributed by atoms with Gasteiger partial charge in [0, 0.05) is 30.0 Å². The Kier molecular flexibility index (Phi) is 7.27. The predicted octanol–water partition coefficient (Wildman–Crippen LogP) is 5.11. The highest BCUT2D eigenvalue weighted by Crippen LogP contribution is 2.31. The van der Waals surface area contributed by atoms with E-state index in [0.29, 0.717) is 18.7 Å². The monoisotopic (exact) mass is 450 g/mol. The van der Waals surface area contributed by atoms with E-state index in [9.17, 15) is 14.0 Å². The number of ketones is 1. The molecule has 1 aromatic carbocycles. The first kappa shape index (κ1) is 23.1. The molecule has 1 aliphatic rings. The van der Waals surface area contributed by atoms with E-state index in [2.05, 4.69) is 4.98 Å². The largest absolute Gasteiger partial charge is 0.528 e. The van der Waals surface area contributed by atoms with Gasteiger partial charge in [-0.15, -0.1) is 16.4 Å². The Morgan fingerprint density at radius 1 is 1.26 bits per heavy atom. The van der Waals surface area contributed by atoms with Crippen LogP contribution < -0.4 is 4.74 Å². The molecule has 3 rings (SSSR count). The van der Waals surface area contributed by atoms with Gasteiger partial charge < -0.3 is 14.3 Å². The van der Waals surface area contributed by atoms with Gasteiger partial charge in [-0.25, -0.2) is 14.2 Å². The highest BCUT2D eigenvalue weighted by atomic mass is 32.1. The minimum atomic E-state index is -0.691. The summed E-state index contributed by atoms with van der Waals surface area (Å²) in [7, 11) is 0. The first-order valence-corrected chi connectivity index (χ1v) is 11.0. The molecule has 0 aliphatic carbocycles. The molecule has 1 fully saturated rings. The molecule has 0 spiro atoms. The van der Waals surface area contributed by atoms with E-state index >= 15 is 0 Å². The van der Waals surface area contributed by atoms with Crippen LogP contribution in [0.5, 0.6) is 5.75 Å². The normalized spacial score (nSPS) is 15.5. The molecule has 0 unspecified atom stereocenters. The van der Waals surface area contributed by atoms with E-state index in [1.807, 2.05) is 5.38 Å². The third-order valence-corrected chi connectivity index (χ3v) is 5.74. The predicted molar refractivity (Wildman–Crippen MR) is 114 cm³/mol. The highest BCUT2D eigenvalue weighted by Gasteiger charge is 2.27. The Morgan fingerprint density at radius 3 is 2.58 bits per heavy atom. The van der Waals surface area contributed by atoms with Crippen LogP contribution in [0.1, 0.15) is 67.5 Å². The van der Waals surface area contributed by atoms with Gasteiger partial charge in [-0.2, -0.15) is 0 Å². The van der Waals surface area contributed by atoms with Crippen LogP contribution in [0.15, 0.2) is 23.6 Å². The summed E-state index contributed by atoms with van der Waals surface area (Å²) in [5.74, 6) is -0.409. The lowest BCUT2D eigenvalue weighted by molar-refractivity contribution is -0.152. The molecule has 1 saturated heterocycles. The van der Waals surface area contributed by atoms with Crippen molar-refractivity contribution in [2.75, 3.05) is 13.1 Å². The molecule has 31 heavy (non-hydrogen) atoms. The maximum Gasteiger partial charge on any atom is 0.528 e. The highest BCUT2D eigenvalue weighted by molar-refractivity contribution is 7.09. The quantitative estimate of drug-likeness (QED) is 0.447. The SMILES string of the molecule is CC(=O)c1ccc(OCc2csc(C3CCN(OC(=O)OC(C)(C)C)CC3)n2)c(F)c1. The van der Waals surface area contributed by atoms with Crippen LogP contribution in [-0.4, -0.2) is 40.7 Å². The van der Waals surface area contributed by atoms with Gasteiger partial charge in [0.15, 0.2) is 17.3 Å². The molecule has 0 bridgehead atoms. The number of hydroxylamine groups is 2. The summed E-state index contributed by atoms with van der Waals surface area (Å²) < 4.78 is 24.8. The first-order valence-electron chi connectivity index (χ1n) is 10.1. The van der Waals surface area contributed by atoms with E-state index in [-0.39, 0.29) is 24.1 Å². The molecule has 2 aromatic rings. The Hall–Kier alpha value is -2.52. The summed E-state index contributed by atoms with van der Waals surface area (Å²) in [6, 6.07) is 4.18. The minimum Gasteiger partial charge on any atom is -0.484 e. The third-order valence-electron chi connectivity index (χ3n) is 4.68. The van der Waals surface area contributed by atoms with Gasteiger partial charge in [-0.05, 0) is 58.7 Å². The van der Waals surface area contributed by atoms with E-state index < -0.39 is 17.6 Å². The number of aromatic nitrogens is 1. The second-order valence-corrected chi connectivity index (χ2v) is 9.32. The number of carbonyl (C=O) groups excluding carboxylic acids is 2. The van der Waals surface area contributed by atoms with Crippen molar-refractivity contribution in [3.63, 3.8) is 0 Å². The zero-order valence-electron chi connectivity index (χ0n) is 18.1. The standard InChI is InChI=1S/C22H27FN2O5S/c1-14(26)16-5-6-19(18(23)11-16)28-12-17-13-31-20(24-17)15-7-9-25(10-8-15)30-21(27)29-22(2,3)4/h5-6,11,13,15H,7-10,12H2,1-4H3. The van der Waals surface area contributed by atoms with Gasteiger partial charge in [-0.1, -0.05) is 0 Å². The van der Waals surface area contributed by atoms with Gasteiger partial charge in [0.1, 0.15) is 12.2 Å². The van der Waals surface area contributed by atoms with Gasteiger partial charge in [0.05, 0.1) is 10.7 Å². The molecule has 9 heteroatoms. The number of hydrogen-bond donors (Lipinski definition) is 0. The Balaban J connectivity index is 1.48. The van der Waals surface area contributed by atoms with Crippen molar-refractivity contribution in [2.24, 2.45) is 0 Å². The average Bonchev–Trinajstić information content (AvgIpc) is 3.15. The smallest absolute Gasteiger partial charge is 0.484 e. The molecule has 168 valence electrons. The lowest BCUT2D eigenvalue weighted by atomic mass is 9.99. The third kappa shape index (κ3) is 6.73. The molecule has 0 amide bonds. The van der Waals surface area contributed by atoms with Crippen LogP contribution in [0.3, 0.4) is 0 Å². The second-order valence-electron chi connectivity index (χ2n) is 8.43. The Labute approximate surface area is 185 Å². The number of halogens is 1. The number of thiazole rings is 1. The van der Waals surface area contributed by atoms with Crippen molar-refractivity contribution in [3.05, 3.63) is 45.7 Å². The summed E-state index contributed by atoms with van der Waals surface area (Å²) in [4.78, 5) is 33.0. The zero-order chi connectivity index (χ0) is 22.6. The summed E-state index contributed by atoms with van der Waals surface area (Å²) in [5, 5.41) is 4.51. The number of benzene rings is 1. The number of piperidine rings is 1. The van der Waals surface area contributed by atoms with E-state index in [4.69, 9.17) is 14.3 Å². The van der Waals surface area contributed by atoms with Crippen molar-refractivity contribution in [3.8, 4) is 5.75 Å². The molecule has 0 radical (unpaired) electrons. The number of hydrogen-bond acceptors (Lipinski definition) is 8. The summed E-state index contributed by atoms with van der Waals surface area (Å²) in [5.41, 5.74) is 0.443. The Morgan fingerprint density at radius 2 is 1.97 bits per heavy atom. The molecule has 1 aliphatic heterocycles. The minimum absolute atomic E-state index is 0.0900. The zero-order valence-corrected chi connectivity index (χ0v) is 19.0. The average molecular weight is 451 g/mol. The molecule has 2 heterocycles. The van der Waals surface area contributed by atoms with Crippen LogP contribution >= 0.6 is 11.3 Å². The Bertz CT molecular complexity index is 932. The van der Waals surface area contributed by atoms with Crippen molar-refractivity contribution in [2.45, 2.75) is 58.7 Å². The molecule has 0 saturated carbocycles. The lowest BCUT2D eigenvalue weighted by Gasteiger charge is -2.30. The van der Waals surface area contributed by atoms with Crippen LogP contribution in [-0.2, 0) is 16.2 Å². The van der Waals surface area contributed by atoms with Crippen LogP contribution in [0.25, 0.3) is 0 Å². The fourth-order valence-electron chi connectivity index (χ4n) is 3.13. The molecular weight excluding hydrogens is 423 g/mol. The van der Waals surface area contributed by atoms with E-state index in [0.717, 1.165) is 23.5 Å². The topological polar surface area (TPSA) is 78.0 Å². The number of nitrogens with zero attached hydrogens (tertiary/aromatic N) is 2. The summed E-state index contributed by atoms with van der Waals surface area (Å²) in [6.07, 6.45) is 0.915. The summed E-state index contributed by atoms with van der Waals surface area (Å²) >= 11 is 1.54. The fourth-order valence-corrected chi connectivity index (χ4v) is 4.11. The molecule has 1 aromatic heterocycles.